The van der Waals surface area contributed by atoms with Crippen molar-refractivity contribution in [1.82, 2.24) is 10.3 Å². The van der Waals surface area contributed by atoms with Crippen molar-refractivity contribution >= 4 is 23.1 Å². The van der Waals surface area contributed by atoms with Gasteiger partial charge >= 0.3 is 0 Å². The van der Waals surface area contributed by atoms with Crippen molar-refractivity contribution in [3.63, 3.8) is 0 Å². The molecule has 5 nitrogen and oxygen atoms in total. The van der Waals surface area contributed by atoms with E-state index >= 15 is 0 Å². The fraction of sp³-hybridized carbons (Fsp3) is 0.462. The summed E-state index contributed by atoms with van der Waals surface area (Å²) in [5.41, 5.74) is 6.01. The van der Waals surface area contributed by atoms with E-state index in [4.69, 9.17) is 22.7 Å². The van der Waals surface area contributed by atoms with Gasteiger partial charge in [0.2, 0.25) is 5.91 Å². The highest BCUT2D eigenvalue weighted by Gasteiger charge is 2.42. The van der Waals surface area contributed by atoms with Crippen LogP contribution in [0.15, 0.2) is 24.5 Å². The number of ether oxygens (including phenoxy) is 1. The maximum atomic E-state index is 12.4. The lowest BCUT2D eigenvalue weighted by Gasteiger charge is -2.34. The molecule has 1 aliphatic rings. The van der Waals surface area contributed by atoms with Crippen LogP contribution in [-0.2, 0) is 16.1 Å². The van der Waals surface area contributed by atoms with Crippen LogP contribution >= 0.6 is 12.2 Å². The Morgan fingerprint density at radius 3 is 2.63 bits per heavy atom. The number of aromatic nitrogens is 1. The van der Waals surface area contributed by atoms with Gasteiger partial charge < -0.3 is 15.8 Å². The Morgan fingerprint density at radius 1 is 1.42 bits per heavy atom. The van der Waals surface area contributed by atoms with E-state index in [9.17, 15) is 4.79 Å². The van der Waals surface area contributed by atoms with E-state index in [1.807, 2.05) is 12.1 Å². The Labute approximate surface area is 117 Å². The van der Waals surface area contributed by atoms with Crippen molar-refractivity contribution in [3.05, 3.63) is 30.1 Å². The molecule has 1 aromatic rings. The van der Waals surface area contributed by atoms with Gasteiger partial charge in [0.15, 0.2) is 0 Å². The first-order chi connectivity index (χ1) is 9.15. The van der Waals surface area contributed by atoms with E-state index in [1.54, 1.807) is 12.4 Å². The summed E-state index contributed by atoms with van der Waals surface area (Å²) in [4.78, 5) is 16.6. The number of carbonyl (C=O) groups excluding carboxylic acids is 1. The van der Waals surface area contributed by atoms with Gasteiger partial charge in [-0.05, 0) is 30.5 Å². The van der Waals surface area contributed by atoms with E-state index in [0.717, 1.165) is 5.56 Å². The van der Waals surface area contributed by atoms with Crippen molar-refractivity contribution in [1.29, 1.82) is 0 Å². The molecule has 6 heteroatoms. The number of nitrogens with zero attached hydrogens (tertiary/aromatic N) is 1. The van der Waals surface area contributed by atoms with Crippen LogP contribution in [0.2, 0.25) is 0 Å². The minimum Gasteiger partial charge on any atom is -0.392 e. The first kappa shape index (κ1) is 13.9. The van der Waals surface area contributed by atoms with Crippen LogP contribution in [0.5, 0.6) is 0 Å². The highest BCUT2D eigenvalue weighted by Crippen LogP contribution is 2.31. The maximum Gasteiger partial charge on any atom is 0.233 e. The van der Waals surface area contributed by atoms with Gasteiger partial charge in [-0.15, -0.1) is 0 Å². The second-order valence-corrected chi connectivity index (χ2v) is 5.04. The van der Waals surface area contributed by atoms with Gasteiger partial charge in [-0.1, -0.05) is 12.2 Å². The molecule has 1 saturated heterocycles. The smallest absolute Gasteiger partial charge is 0.233 e. The molecule has 2 rings (SSSR count). The van der Waals surface area contributed by atoms with E-state index in [1.165, 1.54) is 0 Å². The molecular formula is C13H17N3O2S. The van der Waals surface area contributed by atoms with Gasteiger partial charge in [0.1, 0.15) is 5.41 Å². The molecule has 2 heterocycles. The zero-order valence-electron chi connectivity index (χ0n) is 10.6. The monoisotopic (exact) mass is 279 g/mol. The van der Waals surface area contributed by atoms with Gasteiger partial charge in [-0.25, -0.2) is 0 Å². The lowest BCUT2D eigenvalue weighted by atomic mass is 9.79. The molecule has 0 radical (unpaired) electrons. The van der Waals surface area contributed by atoms with Crippen molar-refractivity contribution < 1.29 is 9.53 Å². The Bertz CT molecular complexity index is 458. The molecular weight excluding hydrogens is 262 g/mol. The molecule has 1 fully saturated rings. The summed E-state index contributed by atoms with van der Waals surface area (Å²) in [6.45, 7) is 1.48. The third kappa shape index (κ3) is 3.08. The summed E-state index contributed by atoms with van der Waals surface area (Å²) in [5, 5.41) is 2.90. The van der Waals surface area contributed by atoms with E-state index in [0.29, 0.717) is 32.6 Å². The summed E-state index contributed by atoms with van der Waals surface area (Å²) in [5.74, 6) is -0.111. The molecule has 3 N–H and O–H groups in total. The Morgan fingerprint density at radius 2 is 2.05 bits per heavy atom. The number of hydrogen-bond donors (Lipinski definition) is 2. The number of rotatable bonds is 4. The second kappa shape index (κ2) is 6.08. The van der Waals surface area contributed by atoms with E-state index < -0.39 is 5.41 Å². The fourth-order valence-electron chi connectivity index (χ4n) is 2.16. The summed E-state index contributed by atoms with van der Waals surface area (Å²) < 4.78 is 5.28. The quantitative estimate of drug-likeness (QED) is 0.797. The van der Waals surface area contributed by atoms with Gasteiger partial charge in [0.05, 0.1) is 4.99 Å². The molecule has 102 valence electrons. The van der Waals surface area contributed by atoms with Crippen molar-refractivity contribution in [3.8, 4) is 0 Å². The molecule has 0 bridgehead atoms. The van der Waals surface area contributed by atoms with Crippen LogP contribution in [0.1, 0.15) is 18.4 Å². The summed E-state index contributed by atoms with van der Waals surface area (Å²) in [7, 11) is 0. The van der Waals surface area contributed by atoms with Crippen LogP contribution in [-0.4, -0.2) is 29.1 Å². The molecule has 0 atom stereocenters. The zero-order chi connectivity index (χ0) is 13.7. The average Bonchev–Trinajstić information content (AvgIpc) is 2.46. The number of carbonyl (C=O) groups is 1. The maximum absolute atomic E-state index is 12.4. The van der Waals surface area contributed by atoms with E-state index in [-0.39, 0.29) is 10.9 Å². The van der Waals surface area contributed by atoms with Crippen molar-refractivity contribution in [2.24, 2.45) is 11.1 Å². The van der Waals surface area contributed by atoms with E-state index in [2.05, 4.69) is 10.3 Å². The van der Waals surface area contributed by atoms with Crippen LogP contribution < -0.4 is 11.1 Å². The molecule has 1 aromatic heterocycles. The number of pyridine rings is 1. The largest absolute Gasteiger partial charge is 0.392 e. The minimum atomic E-state index is -0.763. The third-order valence-corrected chi connectivity index (χ3v) is 3.85. The van der Waals surface area contributed by atoms with Gasteiger partial charge in [0.25, 0.3) is 0 Å². The lowest BCUT2D eigenvalue weighted by molar-refractivity contribution is -0.131. The van der Waals surface area contributed by atoms with Crippen LogP contribution in [0, 0.1) is 5.41 Å². The molecule has 0 aliphatic carbocycles. The normalized spacial score (nSPS) is 17.7. The number of nitrogens with two attached hydrogens (primary N) is 1. The van der Waals surface area contributed by atoms with Gasteiger partial charge in [-0.3, -0.25) is 9.78 Å². The average molecular weight is 279 g/mol. The van der Waals surface area contributed by atoms with Crippen molar-refractivity contribution in [2.75, 3.05) is 13.2 Å². The molecule has 0 spiro atoms. The topological polar surface area (TPSA) is 77.2 Å². The molecule has 0 aromatic carbocycles. The number of amides is 1. The summed E-state index contributed by atoms with van der Waals surface area (Å²) >= 11 is 5.09. The first-order valence-corrected chi connectivity index (χ1v) is 6.61. The molecule has 1 aliphatic heterocycles. The number of nitrogens with one attached hydrogen (secondary N) is 1. The molecule has 0 unspecified atom stereocenters. The van der Waals surface area contributed by atoms with Crippen LogP contribution in [0.4, 0.5) is 0 Å². The van der Waals surface area contributed by atoms with Crippen molar-refractivity contribution in [2.45, 2.75) is 19.4 Å². The predicted molar refractivity (Wildman–Crippen MR) is 75.4 cm³/mol. The van der Waals surface area contributed by atoms with Crippen LogP contribution in [0.25, 0.3) is 0 Å². The lowest BCUT2D eigenvalue weighted by Crippen LogP contribution is -2.51. The highest BCUT2D eigenvalue weighted by molar-refractivity contribution is 7.80. The highest BCUT2D eigenvalue weighted by atomic mass is 32.1. The predicted octanol–water partition coefficient (Wildman–Crippen LogP) is 0.781. The Balaban J connectivity index is 2.02. The molecule has 0 saturated carbocycles. The van der Waals surface area contributed by atoms with Gasteiger partial charge in [-0.2, -0.15) is 0 Å². The van der Waals surface area contributed by atoms with Gasteiger partial charge in [0, 0.05) is 32.2 Å². The summed E-state index contributed by atoms with van der Waals surface area (Å²) in [6.07, 6.45) is 4.48. The minimum absolute atomic E-state index is 0.111. The number of hydrogen-bond acceptors (Lipinski definition) is 4. The standard InChI is InChI=1S/C13H17N3O2S/c14-11(19)13(3-7-18-8-4-13)12(17)16-9-10-1-5-15-6-2-10/h1-2,5-6H,3-4,7-9H2,(H2,14,19)(H,16,17). The first-order valence-electron chi connectivity index (χ1n) is 6.20. The SMILES string of the molecule is NC(=S)C1(C(=O)NCc2ccncc2)CCOCC1. The third-order valence-electron chi connectivity index (χ3n) is 3.46. The Kier molecular flexibility index (Phi) is 4.44. The molecule has 19 heavy (non-hydrogen) atoms. The summed E-state index contributed by atoms with van der Waals surface area (Å²) in [6, 6.07) is 3.72. The number of thiocarbonyl (C=S) groups is 1. The zero-order valence-corrected chi connectivity index (χ0v) is 11.4. The Hall–Kier alpha value is -1.53. The molecule has 1 amide bonds. The second-order valence-electron chi connectivity index (χ2n) is 4.60. The van der Waals surface area contributed by atoms with Crippen LogP contribution in [0.3, 0.4) is 0 Å². The fourth-order valence-corrected chi connectivity index (χ4v) is 2.45.